The number of rotatable bonds is 3. The van der Waals surface area contributed by atoms with Crippen LogP contribution in [-0.4, -0.2) is 18.0 Å². The van der Waals surface area contributed by atoms with Gasteiger partial charge in [0.1, 0.15) is 11.6 Å². The minimum absolute atomic E-state index is 0.0593. The van der Waals surface area contributed by atoms with Crippen molar-refractivity contribution in [2.45, 2.75) is 13.5 Å². The van der Waals surface area contributed by atoms with Gasteiger partial charge >= 0.3 is 6.03 Å². The molecule has 0 aliphatic rings. The summed E-state index contributed by atoms with van der Waals surface area (Å²) in [6.45, 7) is 1.98. The van der Waals surface area contributed by atoms with Crippen LogP contribution in [-0.2, 0) is 6.54 Å². The van der Waals surface area contributed by atoms with Crippen molar-refractivity contribution < 1.29 is 13.6 Å². The lowest BCUT2D eigenvalue weighted by atomic mass is 10.2. The van der Waals surface area contributed by atoms with E-state index in [0.29, 0.717) is 5.69 Å². The van der Waals surface area contributed by atoms with E-state index in [1.165, 1.54) is 17.0 Å². The molecular formula is C16H16F2N2O. The summed E-state index contributed by atoms with van der Waals surface area (Å²) in [4.78, 5) is 13.4. The van der Waals surface area contributed by atoms with Gasteiger partial charge in [0.25, 0.3) is 0 Å². The van der Waals surface area contributed by atoms with E-state index in [9.17, 15) is 13.6 Å². The Morgan fingerprint density at radius 3 is 2.62 bits per heavy atom. The van der Waals surface area contributed by atoms with Gasteiger partial charge in [-0.2, -0.15) is 0 Å². The molecule has 0 aliphatic carbocycles. The molecule has 21 heavy (non-hydrogen) atoms. The van der Waals surface area contributed by atoms with E-state index in [1.54, 1.807) is 13.1 Å². The van der Waals surface area contributed by atoms with Crippen molar-refractivity contribution in [2.75, 3.05) is 12.4 Å². The molecule has 0 saturated heterocycles. The third-order valence-corrected chi connectivity index (χ3v) is 3.04. The SMILES string of the molecule is Cc1cccc(NC(=O)N(C)Cc2ccc(F)cc2F)c1. The molecule has 0 bridgehead atoms. The molecule has 1 N–H and O–H groups in total. The number of hydrogen-bond donors (Lipinski definition) is 1. The molecule has 0 aromatic heterocycles. The number of anilines is 1. The number of aryl methyl sites for hydroxylation is 1. The highest BCUT2D eigenvalue weighted by molar-refractivity contribution is 5.89. The Kier molecular flexibility index (Phi) is 4.52. The van der Waals surface area contributed by atoms with Crippen molar-refractivity contribution in [3.05, 3.63) is 65.2 Å². The van der Waals surface area contributed by atoms with Crippen molar-refractivity contribution in [3.63, 3.8) is 0 Å². The number of halogens is 2. The first-order valence-corrected chi connectivity index (χ1v) is 6.48. The molecule has 2 amide bonds. The summed E-state index contributed by atoms with van der Waals surface area (Å²) in [6, 6.07) is 10.3. The van der Waals surface area contributed by atoms with E-state index in [-0.39, 0.29) is 18.1 Å². The third-order valence-electron chi connectivity index (χ3n) is 3.04. The number of amides is 2. The second-order valence-electron chi connectivity index (χ2n) is 4.89. The quantitative estimate of drug-likeness (QED) is 0.912. The highest BCUT2D eigenvalue weighted by atomic mass is 19.1. The Morgan fingerprint density at radius 1 is 1.19 bits per heavy atom. The molecule has 0 heterocycles. The fourth-order valence-corrected chi connectivity index (χ4v) is 1.92. The summed E-state index contributed by atoms with van der Waals surface area (Å²) in [5.74, 6) is -1.30. The highest BCUT2D eigenvalue weighted by Crippen LogP contribution is 2.14. The summed E-state index contributed by atoms with van der Waals surface area (Å²) >= 11 is 0. The van der Waals surface area contributed by atoms with E-state index in [4.69, 9.17) is 0 Å². The lowest BCUT2D eigenvalue weighted by molar-refractivity contribution is 0.220. The highest BCUT2D eigenvalue weighted by Gasteiger charge is 2.12. The van der Waals surface area contributed by atoms with Gasteiger partial charge < -0.3 is 10.2 Å². The summed E-state index contributed by atoms with van der Waals surface area (Å²) in [6.07, 6.45) is 0. The molecule has 0 fully saturated rings. The van der Waals surface area contributed by atoms with E-state index < -0.39 is 11.6 Å². The molecule has 0 spiro atoms. The first kappa shape index (κ1) is 15.0. The van der Waals surface area contributed by atoms with Crippen LogP contribution in [0.2, 0.25) is 0 Å². The predicted molar refractivity (Wildman–Crippen MR) is 78.0 cm³/mol. The molecular weight excluding hydrogens is 274 g/mol. The molecule has 2 rings (SSSR count). The van der Waals surface area contributed by atoms with E-state index in [2.05, 4.69) is 5.32 Å². The monoisotopic (exact) mass is 290 g/mol. The van der Waals surface area contributed by atoms with Crippen LogP contribution in [0.4, 0.5) is 19.3 Å². The Bertz CT molecular complexity index is 658. The largest absolute Gasteiger partial charge is 0.323 e. The molecule has 0 atom stereocenters. The smallest absolute Gasteiger partial charge is 0.321 e. The second kappa shape index (κ2) is 6.35. The zero-order valence-electron chi connectivity index (χ0n) is 11.9. The average Bonchev–Trinajstić information content (AvgIpc) is 2.41. The van der Waals surface area contributed by atoms with Crippen LogP contribution in [0.15, 0.2) is 42.5 Å². The summed E-state index contributed by atoms with van der Waals surface area (Å²) in [5, 5.41) is 2.72. The zero-order valence-corrected chi connectivity index (χ0v) is 11.9. The predicted octanol–water partition coefficient (Wildman–Crippen LogP) is 3.94. The molecule has 0 radical (unpaired) electrons. The molecule has 0 unspecified atom stereocenters. The molecule has 5 heteroatoms. The van der Waals surface area contributed by atoms with Gasteiger partial charge in [0, 0.05) is 30.9 Å². The summed E-state index contributed by atoms with van der Waals surface area (Å²) in [5.41, 5.74) is 1.96. The molecule has 2 aromatic carbocycles. The summed E-state index contributed by atoms with van der Waals surface area (Å²) in [7, 11) is 1.55. The van der Waals surface area contributed by atoms with Crippen molar-refractivity contribution in [1.29, 1.82) is 0 Å². The third kappa shape index (κ3) is 4.02. The number of benzene rings is 2. The lowest BCUT2D eigenvalue weighted by Crippen LogP contribution is -2.31. The molecule has 0 saturated carbocycles. The Hall–Kier alpha value is -2.43. The van der Waals surface area contributed by atoms with Crippen molar-refractivity contribution in [1.82, 2.24) is 4.90 Å². The van der Waals surface area contributed by atoms with Crippen LogP contribution in [0.3, 0.4) is 0 Å². The van der Waals surface area contributed by atoms with Gasteiger partial charge in [0.05, 0.1) is 0 Å². The first-order valence-electron chi connectivity index (χ1n) is 6.48. The minimum Gasteiger partial charge on any atom is -0.323 e. The van der Waals surface area contributed by atoms with Crippen LogP contribution in [0.25, 0.3) is 0 Å². The number of nitrogens with one attached hydrogen (secondary N) is 1. The number of urea groups is 1. The fraction of sp³-hybridized carbons (Fsp3) is 0.188. The molecule has 0 aliphatic heterocycles. The van der Waals surface area contributed by atoms with Crippen LogP contribution in [0.5, 0.6) is 0 Å². The normalized spacial score (nSPS) is 10.3. The maximum atomic E-state index is 13.6. The van der Waals surface area contributed by atoms with E-state index in [1.807, 2.05) is 25.1 Å². The van der Waals surface area contributed by atoms with Crippen LogP contribution in [0.1, 0.15) is 11.1 Å². The van der Waals surface area contributed by atoms with Gasteiger partial charge in [0.2, 0.25) is 0 Å². The van der Waals surface area contributed by atoms with Gasteiger partial charge in [0.15, 0.2) is 0 Å². The summed E-state index contributed by atoms with van der Waals surface area (Å²) < 4.78 is 26.4. The van der Waals surface area contributed by atoms with Gasteiger partial charge in [-0.05, 0) is 30.7 Å². The van der Waals surface area contributed by atoms with Crippen LogP contribution >= 0.6 is 0 Å². The number of nitrogens with zero attached hydrogens (tertiary/aromatic N) is 1. The van der Waals surface area contributed by atoms with E-state index in [0.717, 1.165) is 11.6 Å². The lowest BCUT2D eigenvalue weighted by Gasteiger charge is -2.18. The first-order chi connectivity index (χ1) is 9.95. The van der Waals surface area contributed by atoms with Crippen LogP contribution < -0.4 is 5.32 Å². The number of carbonyl (C=O) groups excluding carboxylic acids is 1. The standard InChI is InChI=1S/C16H16F2N2O/c1-11-4-3-5-14(8-11)19-16(21)20(2)10-12-6-7-13(17)9-15(12)18/h3-9H,10H2,1-2H3,(H,19,21). The molecule has 2 aromatic rings. The molecule has 110 valence electrons. The maximum Gasteiger partial charge on any atom is 0.321 e. The molecule has 3 nitrogen and oxygen atoms in total. The fourth-order valence-electron chi connectivity index (χ4n) is 1.92. The minimum atomic E-state index is -0.662. The van der Waals surface area contributed by atoms with Crippen molar-refractivity contribution >= 4 is 11.7 Å². The van der Waals surface area contributed by atoms with Crippen LogP contribution in [0, 0.1) is 18.6 Å². The van der Waals surface area contributed by atoms with Gasteiger partial charge in [-0.1, -0.05) is 18.2 Å². The second-order valence-corrected chi connectivity index (χ2v) is 4.89. The van der Waals surface area contributed by atoms with Crippen molar-refractivity contribution in [3.8, 4) is 0 Å². The number of hydrogen-bond acceptors (Lipinski definition) is 1. The average molecular weight is 290 g/mol. The zero-order chi connectivity index (χ0) is 15.4. The van der Waals surface area contributed by atoms with Crippen molar-refractivity contribution in [2.24, 2.45) is 0 Å². The topological polar surface area (TPSA) is 32.3 Å². The maximum absolute atomic E-state index is 13.6. The Balaban J connectivity index is 2.02. The van der Waals surface area contributed by atoms with Gasteiger partial charge in [-0.25, -0.2) is 13.6 Å². The van der Waals surface area contributed by atoms with E-state index >= 15 is 0 Å². The van der Waals surface area contributed by atoms with Gasteiger partial charge in [-0.15, -0.1) is 0 Å². The number of carbonyl (C=O) groups is 1. The Morgan fingerprint density at radius 2 is 1.95 bits per heavy atom. The van der Waals surface area contributed by atoms with Gasteiger partial charge in [-0.3, -0.25) is 0 Å². The Labute approximate surface area is 122 Å².